The molecule has 1 N–H and O–H groups in total. The normalized spacial score (nSPS) is 26.9. The van der Waals surface area contributed by atoms with E-state index in [0.29, 0.717) is 12.1 Å². The van der Waals surface area contributed by atoms with Crippen LogP contribution < -0.4 is 5.32 Å². The first-order valence-corrected chi connectivity index (χ1v) is 6.56. The lowest BCUT2D eigenvalue weighted by Crippen LogP contribution is -2.57. The van der Waals surface area contributed by atoms with E-state index in [4.69, 9.17) is 6.42 Å². The number of nitrogens with one attached hydrogen (secondary N) is 1. The van der Waals surface area contributed by atoms with Crippen LogP contribution in [0.15, 0.2) is 0 Å². The van der Waals surface area contributed by atoms with E-state index in [-0.39, 0.29) is 0 Å². The third-order valence-corrected chi connectivity index (χ3v) is 3.55. The molecule has 92 valence electrons. The van der Waals surface area contributed by atoms with Gasteiger partial charge in [-0.05, 0) is 32.2 Å². The number of piperazine rings is 1. The van der Waals surface area contributed by atoms with E-state index in [9.17, 15) is 0 Å². The Balaban J connectivity index is 2.29. The molecule has 0 amide bonds. The molecule has 16 heavy (non-hydrogen) atoms. The lowest BCUT2D eigenvalue weighted by molar-refractivity contribution is 0.121. The van der Waals surface area contributed by atoms with Crippen molar-refractivity contribution in [3.63, 3.8) is 0 Å². The van der Waals surface area contributed by atoms with E-state index >= 15 is 0 Å². The van der Waals surface area contributed by atoms with E-state index in [1.807, 2.05) is 0 Å². The smallest absolute Gasteiger partial charge is 0.0218 e. The molecule has 2 atom stereocenters. The first-order valence-electron chi connectivity index (χ1n) is 6.56. The van der Waals surface area contributed by atoms with Gasteiger partial charge in [0.1, 0.15) is 0 Å². The van der Waals surface area contributed by atoms with Crippen LogP contribution in [0, 0.1) is 18.3 Å². The highest BCUT2D eigenvalue weighted by Crippen LogP contribution is 2.13. The molecule has 0 spiro atoms. The summed E-state index contributed by atoms with van der Waals surface area (Å²) in [5.74, 6) is 3.44. The molecule has 2 unspecified atom stereocenters. The zero-order chi connectivity index (χ0) is 12.0. The molecule has 0 aliphatic carbocycles. The molecule has 1 fully saturated rings. The number of nitrogens with zero attached hydrogens (tertiary/aromatic N) is 1. The van der Waals surface area contributed by atoms with Crippen LogP contribution in [0.4, 0.5) is 0 Å². The lowest BCUT2D eigenvalue weighted by atomic mass is 9.99. The number of hydrogen-bond donors (Lipinski definition) is 1. The third-order valence-electron chi connectivity index (χ3n) is 3.55. The third kappa shape index (κ3) is 4.15. The summed E-state index contributed by atoms with van der Waals surface area (Å²) in [7, 11) is 0. The predicted octanol–water partition coefficient (Wildman–Crippen LogP) is 2.11. The van der Waals surface area contributed by atoms with Crippen LogP contribution in [-0.2, 0) is 0 Å². The van der Waals surface area contributed by atoms with E-state index in [2.05, 4.69) is 36.9 Å². The molecule has 0 aromatic heterocycles. The summed E-state index contributed by atoms with van der Waals surface area (Å²) in [6.45, 7) is 10.4. The van der Waals surface area contributed by atoms with Gasteiger partial charge in [0.05, 0.1) is 0 Å². The van der Waals surface area contributed by atoms with Gasteiger partial charge < -0.3 is 5.32 Å². The van der Waals surface area contributed by atoms with Gasteiger partial charge in [0.15, 0.2) is 0 Å². The highest BCUT2D eigenvalue weighted by Gasteiger charge is 2.25. The molecule has 2 heteroatoms. The standard InChI is InChI=1S/C14H26N2/c1-5-6-7-8-9-16-11-14(12(2)3)15-10-13(16)4/h1,12-15H,6-11H2,2-4H3. The fourth-order valence-corrected chi connectivity index (χ4v) is 2.25. The van der Waals surface area contributed by atoms with Crippen molar-refractivity contribution in [2.75, 3.05) is 19.6 Å². The number of hydrogen-bond acceptors (Lipinski definition) is 2. The maximum absolute atomic E-state index is 5.26. The molecule has 0 bridgehead atoms. The van der Waals surface area contributed by atoms with E-state index in [1.165, 1.54) is 25.9 Å². The predicted molar refractivity (Wildman–Crippen MR) is 70.3 cm³/mol. The second-order valence-electron chi connectivity index (χ2n) is 5.26. The van der Waals surface area contributed by atoms with Crippen molar-refractivity contribution in [1.82, 2.24) is 10.2 Å². The van der Waals surface area contributed by atoms with Crippen LogP contribution in [0.5, 0.6) is 0 Å². The highest BCUT2D eigenvalue weighted by atomic mass is 15.2. The Labute approximate surface area is 101 Å². The summed E-state index contributed by atoms with van der Waals surface area (Å²) < 4.78 is 0. The molecule has 0 saturated carbocycles. The fourth-order valence-electron chi connectivity index (χ4n) is 2.25. The lowest BCUT2D eigenvalue weighted by Gasteiger charge is -2.40. The van der Waals surface area contributed by atoms with E-state index in [1.54, 1.807) is 0 Å². The van der Waals surface area contributed by atoms with Crippen LogP contribution in [0.25, 0.3) is 0 Å². The first-order chi connectivity index (χ1) is 7.65. The van der Waals surface area contributed by atoms with Crippen LogP contribution in [0.3, 0.4) is 0 Å². The van der Waals surface area contributed by atoms with Crippen molar-refractivity contribution >= 4 is 0 Å². The minimum Gasteiger partial charge on any atom is -0.311 e. The van der Waals surface area contributed by atoms with Gasteiger partial charge in [-0.2, -0.15) is 0 Å². The summed E-state index contributed by atoms with van der Waals surface area (Å²) in [6, 6.07) is 1.32. The number of terminal acetylenes is 1. The quantitative estimate of drug-likeness (QED) is 0.566. The molecule has 1 saturated heterocycles. The molecular weight excluding hydrogens is 196 g/mol. The van der Waals surface area contributed by atoms with Crippen LogP contribution in [0.1, 0.15) is 40.0 Å². The Kier molecular flexibility index (Phi) is 5.87. The summed E-state index contributed by atoms with van der Waals surface area (Å²) in [6.07, 6.45) is 8.59. The molecule has 1 heterocycles. The zero-order valence-electron chi connectivity index (χ0n) is 11.0. The molecule has 1 aliphatic heterocycles. The summed E-state index contributed by atoms with van der Waals surface area (Å²) in [5.41, 5.74) is 0. The molecule has 0 aromatic carbocycles. The van der Waals surface area contributed by atoms with Gasteiger partial charge in [-0.25, -0.2) is 0 Å². The first kappa shape index (κ1) is 13.5. The summed E-state index contributed by atoms with van der Waals surface area (Å²) >= 11 is 0. The Hall–Kier alpha value is -0.520. The Morgan fingerprint density at radius 2 is 2.19 bits per heavy atom. The Morgan fingerprint density at radius 3 is 2.81 bits per heavy atom. The van der Waals surface area contributed by atoms with Crippen LogP contribution >= 0.6 is 0 Å². The van der Waals surface area contributed by atoms with Crippen molar-refractivity contribution in [1.29, 1.82) is 0 Å². The van der Waals surface area contributed by atoms with Crippen molar-refractivity contribution in [3.05, 3.63) is 0 Å². The molecule has 1 aliphatic rings. The van der Waals surface area contributed by atoms with Crippen molar-refractivity contribution < 1.29 is 0 Å². The topological polar surface area (TPSA) is 15.3 Å². The van der Waals surface area contributed by atoms with Crippen LogP contribution in [0.2, 0.25) is 0 Å². The number of rotatable bonds is 5. The molecule has 0 aromatic rings. The van der Waals surface area contributed by atoms with Gasteiger partial charge in [0.2, 0.25) is 0 Å². The summed E-state index contributed by atoms with van der Waals surface area (Å²) in [5, 5.41) is 3.63. The van der Waals surface area contributed by atoms with E-state index in [0.717, 1.165) is 18.9 Å². The summed E-state index contributed by atoms with van der Waals surface area (Å²) in [4.78, 5) is 2.61. The molecule has 2 nitrogen and oxygen atoms in total. The Morgan fingerprint density at radius 1 is 1.44 bits per heavy atom. The van der Waals surface area contributed by atoms with Gasteiger partial charge in [-0.15, -0.1) is 12.3 Å². The second kappa shape index (κ2) is 6.93. The van der Waals surface area contributed by atoms with Crippen molar-refractivity contribution in [3.8, 4) is 12.3 Å². The second-order valence-corrected chi connectivity index (χ2v) is 5.26. The van der Waals surface area contributed by atoms with Gasteiger partial charge >= 0.3 is 0 Å². The maximum Gasteiger partial charge on any atom is 0.0218 e. The minimum absolute atomic E-state index is 0.656. The van der Waals surface area contributed by atoms with Gasteiger partial charge in [-0.1, -0.05) is 13.8 Å². The molecule has 0 radical (unpaired) electrons. The van der Waals surface area contributed by atoms with Crippen LogP contribution in [-0.4, -0.2) is 36.6 Å². The largest absolute Gasteiger partial charge is 0.311 e. The molecular formula is C14H26N2. The fraction of sp³-hybridized carbons (Fsp3) is 0.857. The number of unbranched alkanes of at least 4 members (excludes halogenated alkanes) is 2. The maximum atomic E-state index is 5.26. The zero-order valence-corrected chi connectivity index (χ0v) is 11.0. The minimum atomic E-state index is 0.656. The van der Waals surface area contributed by atoms with Gasteiger partial charge in [0.25, 0.3) is 0 Å². The van der Waals surface area contributed by atoms with Gasteiger partial charge in [-0.3, -0.25) is 4.90 Å². The molecule has 1 rings (SSSR count). The average Bonchev–Trinajstić information content (AvgIpc) is 2.26. The SMILES string of the molecule is C#CCCCCN1CC(C(C)C)NCC1C. The highest BCUT2D eigenvalue weighted by molar-refractivity contribution is 4.86. The Bertz CT molecular complexity index is 229. The van der Waals surface area contributed by atoms with Crippen molar-refractivity contribution in [2.45, 2.75) is 52.1 Å². The monoisotopic (exact) mass is 222 g/mol. The van der Waals surface area contributed by atoms with Gasteiger partial charge in [0, 0.05) is 31.6 Å². The van der Waals surface area contributed by atoms with Crippen molar-refractivity contribution in [2.24, 2.45) is 5.92 Å². The van der Waals surface area contributed by atoms with E-state index < -0.39 is 0 Å². The average molecular weight is 222 g/mol.